The molecule has 1 aliphatic carbocycles. The van der Waals surface area contributed by atoms with Gasteiger partial charge in [-0.15, -0.1) is 11.3 Å². The molecule has 0 saturated heterocycles. The summed E-state index contributed by atoms with van der Waals surface area (Å²) >= 11 is 1.73. The Hall–Kier alpha value is -1.36. The van der Waals surface area contributed by atoms with Gasteiger partial charge in [-0.3, -0.25) is 9.59 Å². The number of hydrogen-bond donors (Lipinski definition) is 2. The van der Waals surface area contributed by atoms with Gasteiger partial charge in [-0.05, 0) is 31.4 Å². The quantitative estimate of drug-likeness (QED) is 0.877. The molecule has 1 aromatic heterocycles. The molecule has 1 saturated carbocycles. The van der Waals surface area contributed by atoms with Crippen molar-refractivity contribution in [2.24, 2.45) is 17.3 Å². The number of rotatable bonds is 5. The maximum Gasteiger partial charge on any atom is 0.307 e. The number of carbonyl (C=O) groups excluding carboxylic acids is 1. The highest BCUT2D eigenvalue weighted by Gasteiger charge is 2.65. The molecule has 1 fully saturated rings. The predicted molar refractivity (Wildman–Crippen MR) is 78.8 cm³/mol. The van der Waals surface area contributed by atoms with Crippen molar-refractivity contribution < 1.29 is 14.7 Å². The van der Waals surface area contributed by atoms with Crippen LogP contribution < -0.4 is 5.32 Å². The summed E-state index contributed by atoms with van der Waals surface area (Å²) in [4.78, 5) is 25.8. The van der Waals surface area contributed by atoms with Gasteiger partial charge in [0.25, 0.3) is 0 Å². The zero-order chi connectivity index (χ0) is 15.1. The highest BCUT2D eigenvalue weighted by molar-refractivity contribution is 7.11. The molecule has 1 aliphatic rings. The van der Waals surface area contributed by atoms with Gasteiger partial charge in [0.15, 0.2) is 0 Å². The fraction of sp³-hybridized carbons (Fsp3) is 0.600. The highest BCUT2D eigenvalue weighted by atomic mass is 32.1. The number of thiophene rings is 1. The van der Waals surface area contributed by atoms with Crippen LogP contribution in [0.1, 0.15) is 30.5 Å². The van der Waals surface area contributed by atoms with Gasteiger partial charge in [0.1, 0.15) is 0 Å². The first-order chi connectivity index (χ1) is 9.23. The number of carboxylic acids is 1. The molecule has 0 aromatic carbocycles. The lowest BCUT2D eigenvalue weighted by Crippen LogP contribution is -2.36. The summed E-state index contributed by atoms with van der Waals surface area (Å²) in [6, 6.07) is 4.16. The number of aliphatic carboxylic acids is 1. The molecule has 1 aromatic rings. The first-order valence-electron chi connectivity index (χ1n) is 6.82. The Morgan fingerprint density at radius 1 is 1.40 bits per heavy atom. The Morgan fingerprint density at radius 3 is 2.50 bits per heavy atom. The van der Waals surface area contributed by atoms with Gasteiger partial charge in [0.05, 0.1) is 11.8 Å². The number of hydrogen-bond acceptors (Lipinski definition) is 3. The molecule has 110 valence electrons. The molecular formula is C15H21NO3S. The van der Waals surface area contributed by atoms with Gasteiger partial charge in [-0.25, -0.2) is 0 Å². The topological polar surface area (TPSA) is 66.4 Å². The highest BCUT2D eigenvalue weighted by Crippen LogP contribution is 2.58. The Morgan fingerprint density at radius 2 is 2.05 bits per heavy atom. The predicted octanol–water partition coefficient (Wildman–Crippen LogP) is 2.46. The van der Waals surface area contributed by atoms with Crippen molar-refractivity contribution in [3.63, 3.8) is 0 Å². The van der Waals surface area contributed by atoms with E-state index in [9.17, 15) is 9.59 Å². The standard InChI is InChI=1S/C15H21NO3S/c1-8(7-10-6-5-9(2)20-10)16-13(17)11-12(14(18)19)15(11,3)4/h5-6,8,11-12H,7H2,1-4H3,(H,16,17)(H,18,19)/t8?,11-,12+/m1/s1. The lowest BCUT2D eigenvalue weighted by Gasteiger charge is -2.13. The van der Waals surface area contributed by atoms with Crippen molar-refractivity contribution in [1.29, 1.82) is 0 Å². The van der Waals surface area contributed by atoms with Crippen LogP contribution in [0.3, 0.4) is 0 Å². The molecule has 4 nitrogen and oxygen atoms in total. The third-order valence-electron chi connectivity index (χ3n) is 4.07. The maximum absolute atomic E-state index is 12.2. The van der Waals surface area contributed by atoms with E-state index < -0.39 is 23.2 Å². The van der Waals surface area contributed by atoms with Crippen molar-refractivity contribution in [3.05, 3.63) is 21.9 Å². The molecule has 5 heteroatoms. The minimum atomic E-state index is -0.878. The van der Waals surface area contributed by atoms with E-state index in [4.69, 9.17) is 5.11 Å². The normalized spacial score (nSPS) is 25.0. The van der Waals surface area contributed by atoms with Crippen LogP contribution in [0.5, 0.6) is 0 Å². The summed E-state index contributed by atoms with van der Waals surface area (Å²) in [5.74, 6) is -1.98. The maximum atomic E-state index is 12.2. The van der Waals surface area contributed by atoms with Crippen LogP contribution in [0.25, 0.3) is 0 Å². The molecule has 1 unspecified atom stereocenters. The molecule has 20 heavy (non-hydrogen) atoms. The number of carbonyl (C=O) groups is 2. The molecule has 3 atom stereocenters. The minimum Gasteiger partial charge on any atom is -0.481 e. The lowest BCUT2D eigenvalue weighted by molar-refractivity contribution is -0.140. The van der Waals surface area contributed by atoms with Gasteiger partial charge >= 0.3 is 5.97 Å². The molecule has 1 heterocycles. The van der Waals surface area contributed by atoms with Crippen molar-refractivity contribution in [2.45, 2.75) is 40.2 Å². The molecule has 1 amide bonds. The second kappa shape index (κ2) is 5.20. The smallest absolute Gasteiger partial charge is 0.307 e. The van der Waals surface area contributed by atoms with Gasteiger partial charge in [-0.1, -0.05) is 13.8 Å². The number of aryl methyl sites for hydroxylation is 1. The lowest BCUT2D eigenvalue weighted by atomic mass is 10.1. The van der Waals surface area contributed by atoms with Crippen LogP contribution in [-0.4, -0.2) is 23.0 Å². The molecular weight excluding hydrogens is 274 g/mol. The molecule has 2 rings (SSSR count). The van der Waals surface area contributed by atoms with Gasteiger partial charge < -0.3 is 10.4 Å². The van der Waals surface area contributed by atoms with Gasteiger partial charge in [0.2, 0.25) is 5.91 Å². The van der Waals surface area contributed by atoms with Crippen LogP contribution in [0.4, 0.5) is 0 Å². The SMILES string of the molecule is Cc1ccc(CC(C)NC(=O)[C@H]2[C@@H](C(=O)O)C2(C)C)s1. The van der Waals surface area contributed by atoms with Crippen molar-refractivity contribution >= 4 is 23.2 Å². The van der Waals surface area contributed by atoms with E-state index in [-0.39, 0.29) is 11.9 Å². The Labute approximate surface area is 123 Å². The van der Waals surface area contributed by atoms with E-state index in [2.05, 4.69) is 24.4 Å². The second-order valence-electron chi connectivity index (χ2n) is 6.24. The first-order valence-corrected chi connectivity index (χ1v) is 7.63. The van der Waals surface area contributed by atoms with E-state index in [1.165, 1.54) is 9.75 Å². The van der Waals surface area contributed by atoms with Crippen LogP contribution in [0.2, 0.25) is 0 Å². The fourth-order valence-electron chi connectivity index (χ4n) is 2.87. The average molecular weight is 295 g/mol. The molecule has 0 bridgehead atoms. The van der Waals surface area contributed by atoms with Gasteiger partial charge in [-0.2, -0.15) is 0 Å². The summed E-state index contributed by atoms with van der Waals surface area (Å²) in [5, 5.41) is 12.0. The summed E-state index contributed by atoms with van der Waals surface area (Å²) in [5.41, 5.74) is -0.435. The minimum absolute atomic E-state index is 0.0198. The van der Waals surface area contributed by atoms with Crippen molar-refractivity contribution in [1.82, 2.24) is 5.32 Å². The van der Waals surface area contributed by atoms with E-state index >= 15 is 0 Å². The Bertz CT molecular complexity index is 535. The van der Waals surface area contributed by atoms with Crippen LogP contribution in [0, 0.1) is 24.2 Å². The zero-order valence-corrected chi connectivity index (χ0v) is 13.1. The van der Waals surface area contributed by atoms with E-state index in [0.717, 1.165) is 6.42 Å². The summed E-state index contributed by atoms with van der Waals surface area (Å²) in [6.07, 6.45) is 0.787. The fourth-order valence-corrected chi connectivity index (χ4v) is 3.89. The summed E-state index contributed by atoms with van der Waals surface area (Å²) in [7, 11) is 0. The number of nitrogens with one attached hydrogen (secondary N) is 1. The molecule has 2 N–H and O–H groups in total. The van der Waals surface area contributed by atoms with Crippen molar-refractivity contribution in [3.8, 4) is 0 Å². The largest absolute Gasteiger partial charge is 0.481 e. The summed E-state index contributed by atoms with van der Waals surface area (Å²) in [6.45, 7) is 7.69. The molecule has 0 radical (unpaired) electrons. The van der Waals surface area contributed by atoms with Crippen LogP contribution in [-0.2, 0) is 16.0 Å². The zero-order valence-electron chi connectivity index (χ0n) is 12.3. The van der Waals surface area contributed by atoms with Gasteiger partial charge in [0, 0.05) is 22.2 Å². The van der Waals surface area contributed by atoms with Crippen LogP contribution in [0.15, 0.2) is 12.1 Å². The van der Waals surface area contributed by atoms with E-state index in [1.54, 1.807) is 11.3 Å². The molecule has 0 aliphatic heterocycles. The number of amides is 1. The van der Waals surface area contributed by atoms with Crippen molar-refractivity contribution in [2.75, 3.05) is 0 Å². The average Bonchev–Trinajstić information content (AvgIpc) is 2.66. The summed E-state index contributed by atoms with van der Waals surface area (Å²) < 4.78 is 0. The molecule has 0 spiro atoms. The van der Waals surface area contributed by atoms with E-state index in [0.29, 0.717) is 0 Å². The first kappa shape index (κ1) is 15.0. The second-order valence-corrected chi connectivity index (χ2v) is 7.61. The van der Waals surface area contributed by atoms with E-state index in [1.807, 2.05) is 20.8 Å². The van der Waals surface area contributed by atoms with Crippen LogP contribution >= 0.6 is 11.3 Å². The third-order valence-corrected chi connectivity index (χ3v) is 5.09. The Balaban J connectivity index is 1.90. The number of carboxylic acid groups (broad SMARTS) is 1. The third kappa shape index (κ3) is 2.87. The Kier molecular flexibility index (Phi) is 3.91. The monoisotopic (exact) mass is 295 g/mol.